The summed E-state index contributed by atoms with van der Waals surface area (Å²) >= 11 is 0. The summed E-state index contributed by atoms with van der Waals surface area (Å²) in [5.41, 5.74) is 1.62. The first-order valence-corrected chi connectivity index (χ1v) is 5.33. The van der Waals surface area contributed by atoms with E-state index >= 15 is 0 Å². The number of aliphatic hydroxyl groups is 1. The van der Waals surface area contributed by atoms with Crippen molar-refractivity contribution < 1.29 is 18.3 Å². The summed E-state index contributed by atoms with van der Waals surface area (Å²) in [4.78, 5) is 0. The smallest absolute Gasteiger partial charge is 0.382 e. The van der Waals surface area contributed by atoms with Gasteiger partial charge in [0.15, 0.2) is 6.10 Å². The first-order chi connectivity index (χ1) is 7.84. The molecule has 1 heterocycles. The molecule has 7 heteroatoms. The molecule has 0 saturated heterocycles. The van der Waals surface area contributed by atoms with Gasteiger partial charge in [0.05, 0.1) is 11.4 Å². The Morgan fingerprint density at radius 1 is 1.53 bits per heavy atom. The van der Waals surface area contributed by atoms with Gasteiger partial charge in [0.25, 0.3) is 0 Å². The molecule has 0 aliphatic heterocycles. The third-order valence-electron chi connectivity index (χ3n) is 2.31. The lowest BCUT2D eigenvalue weighted by Gasteiger charge is -2.15. The molecule has 0 amide bonds. The average molecular weight is 251 g/mol. The van der Waals surface area contributed by atoms with Gasteiger partial charge < -0.3 is 10.4 Å². The summed E-state index contributed by atoms with van der Waals surface area (Å²) in [6.45, 7) is 4.12. The molecule has 0 saturated carbocycles. The Morgan fingerprint density at radius 3 is 2.71 bits per heavy atom. The maximum absolute atomic E-state index is 12.0. The molecular formula is C10H16F3N3O. The monoisotopic (exact) mass is 251 g/mol. The summed E-state index contributed by atoms with van der Waals surface area (Å²) in [7, 11) is 0. The van der Waals surface area contributed by atoms with E-state index in [-0.39, 0.29) is 6.54 Å². The van der Waals surface area contributed by atoms with E-state index in [2.05, 4.69) is 10.4 Å². The van der Waals surface area contributed by atoms with Crippen LogP contribution in [0.4, 0.5) is 13.2 Å². The maximum Gasteiger partial charge on any atom is 0.415 e. The Balaban J connectivity index is 2.46. The summed E-state index contributed by atoms with van der Waals surface area (Å²) in [6.07, 6.45) is -6.91. The van der Waals surface area contributed by atoms with Crippen LogP contribution in [0.1, 0.15) is 18.3 Å². The second kappa shape index (κ2) is 5.50. The average Bonchev–Trinajstić information content (AvgIpc) is 2.57. The molecule has 1 rings (SSSR count). The van der Waals surface area contributed by atoms with E-state index in [0.717, 1.165) is 11.4 Å². The SMILES string of the molecule is CCn1nc(C)cc1CNCC(O)C(F)(F)F. The fourth-order valence-corrected chi connectivity index (χ4v) is 1.47. The zero-order valence-corrected chi connectivity index (χ0v) is 9.75. The number of hydrogen-bond acceptors (Lipinski definition) is 3. The number of nitrogens with one attached hydrogen (secondary N) is 1. The van der Waals surface area contributed by atoms with Crippen LogP contribution in [0, 0.1) is 6.92 Å². The van der Waals surface area contributed by atoms with E-state index in [0.29, 0.717) is 6.54 Å². The Morgan fingerprint density at radius 2 is 2.18 bits per heavy atom. The normalized spacial score (nSPS) is 14.0. The molecule has 1 aromatic rings. The highest BCUT2D eigenvalue weighted by Crippen LogP contribution is 2.19. The Labute approximate surface area is 97.4 Å². The maximum atomic E-state index is 12.0. The number of rotatable bonds is 5. The molecule has 98 valence electrons. The van der Waals surface area contributed by atoms with Crippen LogP contribution >= 0.6 is 0 Å². The predicted octanol–water partition coefficient (Wildman–Crippen LogP) is 1.22. The van der Waals surface area contributed by atoms with Gasteiger partial charge in [-0.3, -0.25) is 4.68 Å². The Kier molecular flexibility index (Phi) is 4.53. The molecular weight excluding hydrogens is 235 g/mol. The first-order valence-electron chi connectivity index (χ1n) is 5.33. The van der Waals surface area contributed by atoms with Crippen LogP contribution < -0.4 is 5.32 Å². The van der Waals surface area contributed by atoms with Gasteiger partial charge in [-0.2, -0.15) is 18.3 Å². The molecule has 1 atom stereocenters. The van der Waals surface area contributed by atoms with Crippen LogP contribution in [0.25, 0.3) is 0 Å². The molecule has 1 unspecified atom stereocenters. The molecule has 0 spiro atoms. The van der Waals surface area contributed by atoms with Gasteiger partial charge in [0.2, 0.25) is 0 Å². The fourth-order valence-electron chi connectivity index (χ4n) is 1.47. The molecule has 0 aliphatic rings. The van der Waals surface area contributed by atoms with Gasteiger partial charge in [0.1, 0.15) is 0 Å². The van der Waals surface area contributed by atoms with Crippen molar-refractivity contribution in [1.82, 2.24) is 15.1 Å². The highest BCUT2D eigenvalue weighted by Gasteiger charge is 2.37. The van der Waals surface area contributed by atoms with E-state index < -0.39 is 18.8 Å². The lowest BCUT2D eigenvalue weighted by atomic mass is 10.3. The van der Waals surface area contributed by atoms with Gasteiger partial charge in [0, 0.05) is 19.6 Å². The molecule has 2 N–H and O–H groups in total. The zero-order chi connectivity index (χ0) is 13.1. The van der Waals surface area contributed by atoms with Gasteiger partial charge in [-0.05, 0) is 19.9 Å². The van der Waals surface area contributed by atoms with Crippen LogP contribution in [0.3, 0.4) is 0 Å². The van der Waals surface area contributed by atoms with Gasteiger partial charge >= 0.3 is 6.18 Å². The molecule has 0 bridgehead atoms. The minimum Gasteiger partial charge on any atom is -0.382 e. The first kappa shape index (κ1) is 14.0. The van der Waals surface area contributed by atoms with Crippen molar-refractivity contribution in [2.45, 2.75) is 39.2 Å². The fraction of sp³-hybridized carbons (Fsp3) is 0.700. The van der Waals surface area contributed by atoms with E-state index in [4.69, 9.17) is 5.11 Å². The third-order valence-corrected chi connectivity index (χ3v) is 2.31. The summed E-state index contributed by atoms with van der Waals surface area (Å²) < 4.78 is 37.8. The highest BCUT2D eigenvalue weighted by molar-refractivity contribution is 5.08. The minimum atomic E-state index is -4.58. The van der Waals surface area contributed by atoms with Crippen LogP contribution in [0.5, 0.6) is 0 Å². The largest absolute Gasteiger partial charge is 0.415 e. The quantitative estimate of drug-likeness (QED) is 0.827. The Hall–Kier alpha value is -1.08. The molecule has 0 radical (unpaired) electrons. The van der Waals surface area contributed by atoms with Gasteiger partial charge in [-0.15, -0.1) is 0 Å². The molecule has 0 aliphatic carbocycles. The second-order valence-electron chi connectivity index (χ2n) is 3.78. The zero-order valence-electron chi connectivity index (χ0n) is 9.75. The van der Waals surface area contributed by atoms with Crippen molar-refractivity contribution in [3.63, 3.8) is 0 Å². The van der Waals surface area contributed by atoms with Crippen molar-refractivity contribution in [1.29, 1.82) is 0 Å². The van der Waals surface area contributed by atoms with E-state index in [1.54, 1.807) is 10.7 Å². The van der Waals surface area contributed by atoms with E-state index in [9.17, 15) is 13.2 Å². The number of alkyl halides is 3. The lowest BCUT2D eigenvalue weighted by Crippen LogP contribution is -2.38. The highest BCUT2D eigenvalue weighted by atomic mass is 19.4. The number of halogens is 3. The number of aryl methyl sites for hydroxylation is 2. The third kappa shape index (κ3) is 4.01. The summed E-state index contributed by atoms with van der Waals surface area (Å²) in [5, 5.41) is 15.5. The van der Waals surface area contributed by atoms with Gasteiger partial charge in [-0.1, -0.05) is 0 Å². The van der Waals surface area contributed by atoms with Crippen molar-refractivity contribution in [3.05, 3.63) is 17.5 Å². The van der Waals surface area contributed by atoms with Crippen molar-refractivity contribution in [3.8, 4) is 0 Å². The Bertz CT molecular complexity index is 362. The van der Waals surface area contributed by atoms with Gasteiger partial charge in [-0.25, -0.2) is 0 Å². The standard InChI is InChI=1S/C10H16F3N3O/c1-3-16-8(4-7(2)15-16)5-14-6-9(17)10(11,12)13/h4,9,14,17H,3,5-6H2,1-2H3. The van der Waals surface area contributed by atoms with Crippen LogP contribution in [0.15, 0.2) is 6.07 Å². The number of nitrogens with zero attached hydrogens (tertiary/aromatic N) is 2. The van der Waals surface area contributed by atoms with E-state index in [1.165, 1.54) is 0 Å². The molecule has 17 heavy (non-hydrogen) atoms. The molecule has 0 fully saturated rings. The number of hydrogen-bond donors (Lipinski definition) is 2. The number of aromatic nitrogens is 2. The second-order valence-corrected chi connectivity index (χ2v) is 3.78. The molecule has 1 aromatic heterocycles. The number of aliphatic hydroxyl groups excluding tert-OH is 1. The topological polar surface area (TPSA) is 50.1 Å². The molecule has 0 aromatic carbocycles. The molecule has 4 nitrogen and oxygen atoms in total. The summed E-state index contributed by atoms with van der Waals surface area (Å²) in [5.74, 6) is 0. The van der Waals surface area contributed by atoms with Crippen LogP contribution in [-0.2, 0) is 13.1 Å². The lowest BCUT2D eigenvalue weighted by molar-refractivity contribution is -0.201. The van der Waals surface area contributed by atoms with Crippen molar-refractivity contribution >= 4 is 0 Å². The minimum absolute atomic E-state index is 0.252. The summed E-state index contributed by atoms with van der Waals surface area (Å²) in [6, 6.07) is 1.80. The van der Waals surface area contributed by atoms with Crippen LogP contribution in [0.2, 0.25) is 0 Å². The van der Waals surface area contributed by atoms with Crippen molar-refractivity contribution in [2.24, 2.45) is 0 Å². The van der Waals surface area contributed by atoms with Crippen molar-refractivity contribution in [2.75, 3.05) is 6.54 Å². The predicted molar refractivity (Wildman–Crippen MR) is 56.4 cm³/mol. The van der Waals surface area contributed by atoms with E-state index in [1.807, 2.05) is 13.8 Å². The van der Waals surface area contributed by atoms with Crippen LogP contribution in [-0.4, -0.2) is 33.7 Å².